The summed E-state index contributed by atoms with van der Waals surface area (Å²) in [5.41, 5.74) is 12.3. The summed E-state index contributed by atoms with van der Waals surface area (Å²) in [6.45, 7) is 8.61. The van der Waals surface area contributed by atoms with Crippen LogP contribution in [0.15, 0.2) is 128 Å². The molecule has 0 N–H and O–H groups in total. The fourth-order valence-corrected chi connectivity index (χ4v) is 5.55. The van der Waals surface area contributed by atoms with E-state index in [0.717, 1.165) is 22.6 Å². The molecule has 5 aromatic rings. The van der Waals surface area contributed by atoms with Crippen LogP contribution in [0.1, 0.15) is 30.5 Å². The third-order valence-corrected chi connectivity index (χ3v) is 7.44. The molecule has 0 fully saturated rings. The fourth-order valence-electron chi connectivity index (χ4n) is 5.55. The molecule has 0 saturated carbocycles. The van der Waals surface area contributed by atoms with E-state index in [1.165, 1.54) is 33.4 Å². The second kappa shape index (κ2) is 8.70. The van der Waals surface area contributed by atoms with Crippen LogP contribution in [0.5, 0.6) is 0 Å². The molecule has 0 bridgehead atoms. The van der Waals surface area contributed by atoms with E-state index in [9.17, 15) is 0 Å². The lowest BCUT2D eigenvalue weighted by atomic mass is 9.82. The van der Waals surface area contributed by atoms with Crippen LogP contribution in [-0.2, 0) is 5.41 Å². The van der Waals surface area contributed by atoms with Crippen LogP contribution in [0.2, 0.25) is 0 Å². The first-order valence-corrected chi connectivity index (χ1v) is 12.5. The lowest BCUT2D eigenvalue weighted by molar-refractivity contribution is 0.660. The van der Waals surface area contributed by atoms with Gasteiger partial charge in [-0.15, -0.1) is 0 Å². The Morgan fingerprint density at radius 2 is 1.19 bits per heavy atom. The molecule has 0 amide bonds. The Bertz CT molecular complexity index is 1560. The maximum atomic E-state index is 3.94. The van der Waals surface area contributed by atoms with Gasteiger partial charge in [0.15, 0.2) is 0 Å². The van der Waals surface area contributed by atoms with Crippen molar-refractivity contribution in [3.05, 3.63) is 145 Å². The predicted octanol–water partition coefficient (Wildman–Crippen LogP) is 9.77. The Hall–Kier alpha value is -4.36. The van der Waals surface area contributed by atoms with Gasteiger partial charge in [0.2, 0.25) is 0 Å². The molecule has 0 saturated heterocycles. The minimum Gasteiger partial charge on any atom is -0.310 e. The first-order valence-electron chi connectivity index (χ1n) is 12.5. The Morgan fingerprint density at radius 1 is 0.583 bits per heavy atom. The number of anilines is 3. The average Bonchev–Trinajstić information content (AvgIpc) is 3.16. The summed E-state index contributed by atoms with van der Waals surface area (Å²) in [6.07, 6.45) is 1.89. The molecular formula is C35H29N. The summed E-state index contributed by atoms with van der Waals surface area (Å²) < 4.78 is 0. The zero-order valence-corrected chi connectivity index (χ0v) is 20.8. The van der Waals surface area contributed by atoms with Gasteiger partial charge >= 0.3 is 0 Å². The highest BCUT2D eigenvalue weighted by molar-refractivity contribution is 5.90. The van der Waals surface area contributed by atoms with Crippen molar-refractivity contribution in [1.29, 1.82) is 0 Å². The number of rotatable bonds is 5. The molecule has 1 heteroatoms. The van der Waals surface area contributed by atoms with Crippen molar-refractivity contribution in [3.8, 4) is 22.3 Å². The number of fused-ring (bicyclic) bond motifs is 3. The highest BCUT2D eigenvalue weighted by Crippen LogP contribution is 2.51. The quantitative estimate of drug-likeness (QED) is 0.251. The largest absolute Gasteiger partial charge is 0.310 e. The highest BCUT2D eigenvalue weighted by Gasteiger charge is 2.35. The van der Waals surface area contributed by atoms with E-state index in [1.807, 2.05) is 6.08 Å². The van der Waals surface area contributed by atoms with E-state index < -0.39 is 0 Å². The van der Waals surface area contributed by atoms with E-state index in [4.69, 9.17) is 0 Å². The van der Waals surface area contributed by atoms with Gasteiger partial charge in [-0.05, 0) is 63.7 Å². The topological polar surface area (TPSA) is 3.24 Å². The number of para-hydroxylation sites is 1. The van der Waals surface area contributed by atoms with Gasteiger partial charge in [-0.1, -0.05) is 117 Å². The number of nitrogens with zero attached hydrogens (tertiary/aromatic N) is 1. The molecule has 0 radical (unpaired) electrons. The van der Waals surface area contributed by atoms with Crippen molar-refractivity contribution in [2.24, 2.45) is 0 Å². The predicted molar refractivity (Wildman–Crippen MR) is 154 cm³/mol. The molecule has 0 unspecified atom stereocenters. The fraction of sp³-hybridized carbons (Fsp3) is 0.0857. The standard InChI is InChI=1S/C35H29N/c1-4-25-18-20-27(21-19-25)36(34-17-11-9-14-29(34)26-12-6-5-7-13-26)28-22-23-31-30-15-8-10-16-32(30)35(2,3)33(31)24-28/h4-24H,1H2,2-3H3. The lowest BCUT2D eigenvalue weighted by Crippen LogP contribution is -2.16. The number of hydrogen-bond donors (Lipinski definition) is 0. The molecule has 1 aliphatic rings. The van der Waals surface area contributed by atoms with Crippen LogP contribution < -0.4 is 4.90 Å². The number of hydrogen-bond acceptors (Lipinski definition) is 1. The normalized spacial score (nSPS) is 13.1. The van der Waals surface area contributed by atoms with Gasteiger partial charge in [0.05, 0.1) is 5.69 Å². The summed E-state index contributed by atoms with van der Waals surface area (Å²) >= 11 is 0. The third-order valence-electron chi connectivity index (χ3n) is 7.44. The molecule has 0 aromatic heterocycles. The van der Waals surface area contributed by atoms with E-state index in [-0.39, 0.29) is 5.41 Å². The smallest absolute Gasteiger partial charge is 0.0540 e. The average molecular weight is 464 g/mol. The van der Waals surface area contributed by atoms with Crippen molar-refractivity contribution < 1.29 is 0 Å². The van der Waals surface area contributed by atoms with Crippen LogP contribution >= 0.6 is 0 Å². The van der Waals surface area contributed by atoms with Crippen molar-refractivity contribution in [3.63, 3.8) is 0 Å². The first kappa shape index (κ1) is 22.1. The van der Waals surface area contributed by atoms with Crippen LogP contribution in [0.3, 0.4) is 0 Å². The molecule has 36 heavy (non-hydrogen) atoms. The van der Waals surface area contributed by atoms with Gasteiger partial charge in [-0.2, -0.15) is 0 Å². The number of benzene rings is 5. The van der Waals surface area contributed by atoms with Crippen LogP contribution in [0.4, 0.5) is 17.1 Å². The second-order valence-electron chi connectivity index (χ2n) is 9.91. The van der Waals surface area contributed by atoms with Crippen molar-refractivity contribution >= 4 is 23.1 Å². The molecule has 5 aromatic carbocycles. The summed E-state index contributed by atoms with van der Waals surface area (Å²) in [5.74, 6) is 0. The van der Waals surface area contributed by atoms with Crippen molar-refractivity contribution in [2.75, 3.05) is 4.90 Å². The Balaban J connectivity index is 1.57. The molecule has 174 valence electrons. The minimum atomic E-state index is -0.0563. The summed E-state index contributed by atoms with van der Waals surface area (Å²) in [5, 5.41) is 0. The van der Waals surface area contributed by atoms with E-state index in [0.29, 0.717) is 0 Å². The lowest BCUT2D eigenvalue weighted by Gasteiger charge is -2.30. The Labute approximate surface area is 214 Å². The Morgan fingerprint density at radius 3 is 1.94 bits per heavy atom. The first-order chi connectivity index (χ1) is 17.6. The van der Waals surface area contributed by atoms with Crippen LogP contribution in [0.25, 0.3) is 28.3 Å². The molecule has 0 heterocycles. The van der Waals surface area contributed by atoms with Crippen molar-refractivity contribution in [2.45, 2.75) is 19.3 Å². The summed E-state index contributed by atoms with van der Waals surface area (Å²) in [6, 6.07) is 43.7. The highest BCUT2D eigenvalue weighted by atomic mass is 15.1. The molecule has 0 aliphatic heterocycles. The van der Waals surface area contributed by atoms with Gasteiger partial charge in [-0.3, -0.25) is 0 Å². The maximum absolute atomic E-state index is 3.94. The molecule has 0 atom stereocenters. The Kier molecular flexibility index (Phi) is 5.34. The third kappa shape index (κ3) is 3.56. The summed E-state index contributed by atoms with van der Waals surface area (Å²) in [4.78, 5) is 2.38. The zero-order valence-electron chi connectivity index (χ0n) is 20.8. The molecule has 1 aliphatic carbocycles. The monoisotopic (exact) mass is 463 g/mol. The van der Waals surface area contributed by atoms with Crippen molar-refractivity contribution in [1.82, 2.24) is 0 Å². The van der Waals surface area contributed by atoms with Crippen LogP contribution in [-0.4, -0.2) is 0 Å². The zero-order chi connectivity index (χ0) is 24.7. The van der Waals surface area contributed by atoms with Gasteiger partial charge < -0.3 is 4.90 Å². The van der Waals surface area contributed by atoms with Gasteiger partial charge in [-0.25, -0.2) is 0 Å². The molecule has 6 rings (SSSR count). The van der Waals surface area contributed by atoms with E-state index in [1.54, 1.807) is 0 Å². The second-order valence-corrected chi connectivity index (χ2v) is 9.91. The van der Waals surface area contributed by atoms with Crippen LogP contribution in [0, 0.1) is 0 Å². The van der Waals surface area contributed by atoms with E-state index >= 15 is 0 Å². The summed E-state index contributed by atoms with van der Waals surface area (Å²) in [7, 11) is 0. The van der Waals surface area contributed by atoms with Gasteiger partial charge in [0.1, 0.15) is 0 Å². The molecule has 1 nitrogen and oxygen atoms in total. The maximum Gasteiger partial charge on any atom is 0.0540 e. The SMILES string of the molecule is C=Cc1ccc(N(c2ccc3c(c2)C(C)(C)c2ccccc2-3)c2ccccc2-c2ccccc2)cc1. The minimum absolute atomic E-state index is 0.0563. The van der Waals surface area contributed by atoms with E-state index in [2.05, 4.69) is 147 Å². The molecular weight excluding hydrogens is 434 g/mol. The van der Waals surface area contributed by atoms with Gasteiger partial charge in [0, 0.05) is 22.4 Å². The van der Waals surface area contributed by atoms with Gasteiger partial charge in [0.25, 0.3) is 0 Å². The molecule has 0 spiro atoms.